The number of hydrogen-bond donors (Lipinski definition) is 3. The summed E-state index contributed by atoms with van der Waals surface area (Å²) >= 11 is 0. The van der Waals surface area contributed by atoms with Gasteiger partial charge >= 0.3 is 6.03 Å². The van der Waals surface area contributed by atoms with Crippen LogP contribution in [0.3, 0.4) is 0 Å². The van der Waals surface area contributed by atoms with Gasteiger partial charge in [-0.15, -0.1) is 0 Å². The number of benzene rings is 1. The number of para-hydroxylation sites is 1. The molecule has 5 nitrogen and oxygen atoms in total. The third-order valence-electron chi connectivity index (χ3n) is 4.26. The molecule has 0 aliphatic carbocycles. The van der Waals surface area contributed by atoms with Crippen LogP contribution >= 0.6 is 0 Å². The molecule has 4 N–H and O–H groups in total. The number of anilines is 1. The maximum absolute atomic E-state index is 12.0. The molecule has 0 aromatic heterocycles. The van der Waals surface area contributed by atoms with Crippen molar-refractivity contribution >= 4 is 17.7 Å². The minimum atomic E-state index is -0.352. The van der Waals surface area contributed by atoms with Crippen LogP contribution in [0, 0.1) is 13.8 Å². The van der Waals surface area contributed by atoms with Crippen LogP contribution < -0.4 is 16.4 Å². The molecule has 1 rings (SSSR count). The summed E-state index contributed by atoms with van der Waals surface area (Å²) in [5.74, 6) is 0.173. The smallest absolute Gasteiger partial charge is 0.326 e. The number of unbranched alkanes of at least 4 members (excludes halogenated alkanes) is 7. The molecule has 140 valence electrons. The highest BCUT2D eigenvalue weighted by atomic mass is 16.2. The van der Waals surface area contributed by atoms with Crippen LogP contribution in [0.4, 0.5) is 10.5 Å². The fourth-order valence-electron chi connectivity index (χ4n) is 2.76. The Labute approximate surface area is 152 Å². The van der Waals surface area contributed by atoms with Crippen LogP contribution in [0.1, 0.15) is 69.4 Å². The van der Waals surface area contributed by atoms with Gasteiger partial charge in [0.05, 0.1) is 0 Å². The molecule has 1 aromatic carbocycles. The number of hydrogen-bond acceptors (Lipinski definition) is 2. The molecule has 2 amide bonds. The number of carbonyl (C=O) groups excluding carboxylic acids is 1. The summed E-state index contributed by atoms with van der Waals surface area (Å²) in [6.45, 7) is 6.81. The number of nitrogens with two attached hydrogens (primary N) is 1. The lowest BCUT2D eigenvalue weighted by Gasteiger charge is -2.12. The number of rotatable bonds is 10. The first-order chi connectivity index (χ1) is 12.0. The molecule has 0 spiro atoms. The van der Waals surface area contributed by atoms with E-state index < -0.39 is 0 Å². The van der Waals surface area contributed by atoms with E-state index in [9.17, 15) is 4.79 Å². The first-order valence-corrected chi connectivity index (χ1v) is 9.48. The lowest BCUT2D eigenvalue weighted by atomic mass is 10.1. The van der Waals surface area contributed by atoms with E-state index in [1.807, 2.05) is 32.0 Å². The summed E-state index contributed by atoms with van der Waals surface area (Å²) in [6.07, 6.45) is 10.0. The number of aliphatic imine (C=N–C) groups is 1. The fourth-order valence-corrected chi connectivity index (χ4v) is 2.76. The van der Waals surface area contributed by atoms with Crippen LogP contribution in [0.2, 0.25) is 0 Å². The molecule has 0 aliphatic rings. The molecule has 0 fully saturated rings. The Morgan fingerprint density at radius 3 is 2.16 bits per heavy atom. The molecule has 0 unspecified atom stereocenters. The normalized spacial score (nSPS) is 11.4. The number of aryl methyl sites for hydroxylation is 2. The summed E-state index contributed by atoms with van der Waals surface area (Å²) in [5, 5.41) is 5.42. The SMILES string of the molecule is CCCCCCCCCCN=C(N)NC(=O)Nc1c(C)cccc1C. The van der Waals surface area contributed by atoms with Gasteiger partial charge in [-0.25, -0.2) is 4.79 Å². The van der Waals surface area contributed by atoms with E-state index in [-0.39, 0.29) is 12.0 Å². The Bertz CT molecular complexity index is 534. The maximum atomic E-state index is 12.0. The van der Waals surface area contributed by atoms with Crippen LogP contribution in [-0.2, 0) is 0 Å². The van der Waals surface area contributed by atoms with Crippen molar-refractivity contribution in [3.8, 4) is 0 Å². The van der Waals surface area contributed by atoms with Crippen molar-refractivity contribution in [2.75, 3.05) is 11.9 Å². The van der Waals surface area contributed by atoms with E-state index in [0.717, 1.165) is 29.7 Å². The van der Waals surface area contributed by atoms with Crippen LogP contribution in [0.15, 0.2) is 23.2 Å². The molecule has 5 heteroatoms. The second kappa shape index (κ2) is 12.3. The number of guanidine groups is 1. The average Bonchev–Trinajstić information content (AvgIpc) is 2.57. The predicted molar refractivity (Wildman–Crippen MR) is 107 cm³/mol. The largest absolute Gasteiger partial charge is 0.370 e. The van der Waals surface area contributed by atoms with E-state index >= 15 is 0 Å². The molecule has 0 atom stereocenters. The molecule has 1 aromatic rings. The number of carbonyl (C=O) groups is 1. The quantitative estimate of drug-likeness (QED) is 0.321. The first-order valence-electron chi connectivity index (χ1n) is 9.48. The van der Waals surface area contributed by atoms with Gasteiger partial charge in [-0.3, -0.25) is 10.3 Å². The summed E-state index contributed by atoms with van der Waals surface area (Å²) in [6, 6.07) is 5.53. The first kappa shape index (κ1) is 21.0. The zero-order valence-electron chi connectivity index (χ0n) is 16.0. The van der Waals surface area contributed by atoms with Crippen LogP contribution in [-0.4, -0.2) is 18.5 Å². The van der Waals surface area contributed by atoms with Gasteiger partial charge in [-0.05, 0) is 31.4 Å². The molecule has 0 saturated heterocycles. The van der Waals surface area contributed by atoms with Gasteiger partial charge < -0.3 is 11.1 Å². The van der Waals surface area contributed by atoms with Crippen molar-refractivity contribution in [3.05, 3.63) is 29.3 Å². The zero-order chi connectivity index (χ0) is 18.5. The Morgan fingerprint density at radius 1 is 1.00 bits per heavy atom. The maximum Gasteiger partial charge on any atom is 0.326 e. The Balaban J connectivity index is 2.21. The number of nitrogens with one attached hydrogen (secondary N) is 2. The summed E-state index contributed by atoms with van der Waals surface area (Å²) < 4.78 is 0. The van der Waals surface area contributed by atoms with Gasteiger partial charge in [0.25, 0.3) is 0 Å². The Morgan fingerprint density at radius 2 is 1.56 bits per heavy atom. The van der Waals surface area contributed by atoms with E-state index in [2.05, 4.69) is 22.5 Å². The second-order valence-corrected chi connectivity index (χ2v) is 6.59. The van der Waals surface area contributed by atoms with Crippen molar-refractivity contribution in [2.45, 2.75) is 72.1 Å². The standard InChI is InChI=1S/C20H34N4O/c1-4-5-6-7-8-9-10-11-15-22-19(21)24-20(25)23-18-16(2)13-12-14-17(18)3/h12-14H,4-11,15H2,1-3H3,(H4,21,22,23,24,25). The van der Waals surface area contributed by atoms with Crippen molar-refractivity contribution in [1.82, 2.24) is 5.32 Å². The molecule has 0 saturated carbocycles. The summed E-state index contributed by atoms with van der Waals surface area (Å²) in [4.78, 5) is 16.2. The van der Waals surface area contributed by atoms with Gasteiger partial charge in [0, 0.05) is 12.2 Å². The Kier molecular flexibility index (Phi) is 10.4. The van der Waals surface area contributed by atoms with E-state index in [4.69, 9.17) is 5.73 Å². The minimum absolute atomic E-state index is 0.173. The van der Waals surface area contributed by atoms with Gasteiger partial charge in [0.2, 0.25) is 0 Å². The lowest BCUT2D eigenvalue weighted by Crippen LogP contribution is -2.40. The highest BCUT2D eigenvalue weighted by Gasteiger charge is 2.07. The highest BCUT2D eigenvalue weighted by molar-refractivity contribution is 6.02. The minimum Gasteiger partial charge on any atom is -0.370 e. The number of nitrogens with zero attached hydrogens (tertiary/aromatic N) is 1. The monoisotopic (exact) mass is 346 g/mol. The summed E-state index contributed by atoms with van der Waals surface area (Å²) in [5.41, 5.74) is 8.63. The summed E-state index contributed by atoms with van der Waals surface area (Å²) in [7, 11) is 0. The molecule has 0 bridgehead atoms. The number of amides is 2. The molecular weight excluding hydrogens is 312 g/mol. The van der Waals surface area contributed by atoms with E-state index in [1.54, 1.807) is 0 Å². The lowest BCUT2D eigenvalue weighted by molar-refractivity contribution is 0.256. The van der Waals surface area contributed by atoms with Gasteiger partial charge in [0.1, 0.15) is 0 Å². The number of urea groups is 1. The van der Waals surface area contributed by atoms with Gasteiger partial charge in [-0.2, -0.15) is 0 Å². The van der Waals surface area contributed by atoms with Gasteiger partial charge in [-0.1, -0.05) is 70.1 Å². The third kappa shape index (κ3) is 9.13. The molecule has 0 radical (unpaired) electrons. The third-order valence-corrected chi connectivity index (χ3v) is 4.26. The van der Waals surface area contributed by atoms with E-state index in [0.29, 0.717) is 6.54 Å². The topological polar surface area (TPSA) is 79.5 Å². The average molecular weight is 347 g/mol. The van der Waals surface area contributed by atoms with Gasteiger partial charge in [0.15, 0.2) is 5.96 Å². The second-order valence-electron chi connectivity index (χ2n) is 6.59. The Hall–Kier alpha value is -2.04. The molecular formula is C20H34N4O. The van der Waals surface area contributed by atoms with Crippen LogP contribution in [0.5, 0.6) is 0 Å². The fraction of sp³-hybridized carbons (Fsp3) is 0.600. The van der Waals surface area contributed by atoms with E-state index in [1.165, 1.54) is 38.5 Å². The predicted octanol–water partition coefficient (Wildman–Crippen LogP) is 4.88. The molecule has 0 heterocycles. The van der Waals surface area contributed by atoms with Crippen molar-refractivity contribution in [3.63, 3.8) is 0 Å². The zero-order valence-corrected chi connectivity index (χ0v) is 16.0. The molecule has 25 heavy (non-hydrogen) atoms. The van der Waals surface area contributed by atoms with Crippen molar-refractivity contribution in [2.24, 2.45) is 10.7 Å². The molecule has 0 aliphatic heterocycles. The van der Waals surface area contributed by atoms with Crippen LogP contribution in [0.25, 0.3) is 0 Å². The van der Waals surface area contributed by atoms with Crippen molar-refractivity contribution < 1.29 is 4.79 Å². The van der Waals surface area contributed by atoms with Crippen molar-refractivity contribution in [1.29, 1.82) is 0 Å². The highest BCUT2D eigenvalue weighted by Crippen LogP contribution is 2.18.